The predicted molar refractivity (Wildman–Crippen MR) is 149 cm³/mol. The number of carbonyl (C=O) groups is 2. The molecule has 0 saturated carbocycles. The molecule has 0 aliphatic carbocycles. The Kier molecular flexibility index (Phi) is 7.52. The molecule has 5 rings (SSSR count). The Morgan fingerprint density at radius 1 is 0.816 bits per heavy atom. The smallest absolute Gasteiger partial charge is 0.261 e. The van der Waals surface area contributed by atoms with Crippen LogP contribution in [0, 0.1) is 0 Å². The number of amides is 2. The first kappa shape index (κ1) is 26.4. The molecule has 2 aliphatic rings. The highest BCUT2D eigenvalue weighted by atomic mass is 16.5. The maximum Gasteiger partial charge on any atom is 0.261 e. The number of benzene rings is 3. The van der Waals surface area contributed by atoms with Gasteiger partial charge in [0.05, 0.1) is 0 Å². The van der Waals surface area contributed by atoms with Gasteiger partial charge in [0, 0.05) is 62.3 Å². The zero-order valence-electron chi connectivity index (χ0n) is 22.5. The highest BCUT2D eigenvalue weighted by Gasteiger charge is 2.33. The van der Waals surface area contributed by atoms with Gasteiger partial charge in [-0.3, -0.25) is 24.3 Å². The van der Waals surface area contributed by atoms with E-state index in [0.717, 1.165) is 42.7 Å². The molecule has 1 N–H and O–H groups in total. The Balaban J connectivity index is 1.07. The number of imide groups is 1. The van der Waals surface area contributed by atoms with Gasteiger partial charge in [-0.15, -0.1) is 0 Å². The van der Waals surface area contributed by atoms with E-state index in [0.29, 0.717) is 30.8 Å². The van der Waals surface area contributed by atoms with Crippen LogP contribution in [0.4, 0.5) is 0 Å². The van der Waals surface area contributed by atoms with E-state index in [4.69, 9.17) is 4.74 Å². The van der Waals surface area contributed by atoms with Crippen molar-refractivity contribution < 1.29 is 19.4 Å². The molecule has 3 aromatic carbocycles. The van der Waals surface area contributed by atoms with Crippen LogP contribution in [0.25, 0.3) is 10.8 Å². The van der Waals surface area contributed by atoms with Crippen LogP contribution in [0.2, 0.25) is 0 Å². The fourth-order valence-electron chi connectivity index (χ4n) is 5.31. The highest BCUT2D eigenvalue weighted by Crippen LogP contribution is 2.30. The summed E-state index contributed by atoms with van der Waals surface area (Å²) in [4.78, 5) is 32.1. The summed E-state index contributed by atoms with van der Waals surface area (Å²) in [6.07, 6.45) is -0.574. The number of aliphatic hydroxyl groups is 1. The minimum atomic E-state index is -0.574. The SMILES string of the molecule is CC(C)(C)c1ccc(OCC(O)CN2CCN(CCN3C(=O)c4cccc5cccc(c45)C3=O)CC2)cc1. The van der Waals surface area contributed by atoms with E-state index in [1.165, 1.54) is 10.5 Å². The summed E-state index contributed by atoms with van der Waals surface area (Å²) in [5, 5.41) is 12.2. The van der Waals surface area contributed by atoms with Crippen molar-refractivity contribution in [3.8, 4) is 5.75 Å². The van der Waals surface area contributed by atoms with E-state index >= 15 is 0 Å². The molecule has 7 heteroatoms. The number of β-amino-alcohol motifs (C(OH)–C–C–N with tert-alkyl or cyclic N) is 1. The second kappa shape index (κ2) is 10.8. The van der Waals surface area contributed by atoms with Crippen molar-refractivity contribution in [2.45, 2.75) is 32.3 Å². The molecule has 2 amide bonds. The normalized spacial score (nSPS) is 17.7. The van der Waals surface area contributed by atoms with E-state index in [-0.39, 0.29) is 23.8 Å². The van der Waals surface area contributed by atoms with Crippen LogP contribution in [-0.4, -0.2) is 90.1 Å². The van der Waals surface area contributed by atoms with Crippen LogP contribution in [-0.2, 0) is 5.41 Å². The first-order chi connectivity index (χ1) is 18.2. The first-order valence-corrected chi connectivity index (χ1v) is 13.4. The summed E-state index contributed by atoms with van der Waals surface area (Å²) in [6, 6.07) is 19.3. The molecule has 7 nitrogen and oxygen atoms in total. The molecule has 200 valence electrons. The molecule has 3 aromatic rings. The lowest BCUT2D eigenvalue weighted by atomic mass is 9.87. The third-order valence-corrected chi connectivity index (χ3v) is 7.59. The topological polar surface area (TPSA) is 73.3 Å². The standard InChI is InChI=1S/C31H37N3O4/c1-31(2,3)23-10-12-25(13-11-23)38-21-24(35)20-33-16-14-32(15-17-33)18-19-34-29(36)26-8-4-6-22-7-5-9-27(28(22)26)30(34)37/h4-13,24,35H,14-21H2,1-3H3. The van der Waals surface area contributed by atoms with Gasteiger partial charge in [0.25, 0.3) is 11.8 Å². The van der Waals surface area contributed by atoms with E-state index in [9.17, 15) is 14.7 Å². The maximum atomic E-state index is 13.1. The molecule has 0 bridgehead atoms. The number of nitrogens with zero attached hydrogens (tertiary/aromatic N) is 3. The van der Waals surface area contributed by atoms with Crippen molar-refractivity contribution in [3.63, 3.8) is 0 Å². The summed E-state index contributed by atoms with van der Waals surface area (Å²) in [5.74, 6) is 0.339. The Bertz CT molecular complexity index is 1260. The van der Waals surface area contributed by atoms with Gasteiger partial charge in [-0.1, -0.05) is 57.2 Å². The highest BCUT2D eigenvalue weighted by molar-refractivity contribution is 6.25. The average Bonchev–Trinajstić information content (AvgIpc) is 2.91. The largest absolute Gasteiger partial charge is 0.491 e. The molecular formula is C31H37N3O4. The van der Waals surface area contributed by atoms with Crippen molar-refractivity contribution in [3.05, 3.63) is 77.4 Å². The molecule has 0 radical (unpaired) electrons. The van der Waals surface area contributed by atoms with Crippen LogP contribution in [0.3, 0.4) is 0 Å². The Morgan fingerprint density at radius 3 is 1.97 bits per heavy atom. The molecule has 2 aliphatic heterocycles. The fourth-order valence-corrected chi connectivity index (χ4v) is 5.31. The van der Waals surface area contributed by atoms with Crippen LogP contribution >= 0.6 is 0 Å². The number of piperazine rings is 1. The minimum absolute atomic E-state index is 0.0963. The van der Waals surface area contributed by atoms with Gasteiger partial charge >= 0.3 is 0 Å². The molecule has 0 aromatic heterocycles. The van der Waals surface area contributed by atoms with E-state index in [1.807, 2.05) is 48.5 Å². The minimum Gasteiger partial charge on any atom is -0.491 e. The third kappa shape index (κ3) is 5.60. The number of aliphatic hydroxyl groups excluding tert-OH is 1. The zero-order valence-corrected chi connectivity index (χ0v) is 22.5. The van der Waals surface area contributed by atoms with E-state index in [2.05, 4.69) is 42.7 Å². The summed E-state index contributed by atoms with van der Waals surface area (Å²) in [6.45, 7) is 11.6. The maximum absolute atomic E-state index is 13.1. The van der Waals surface area contributed by atoms with Crippen molar-refractivity contribution in [1.29, 1.82) is 0 Å². The lowest BCUT2D eigenvalue weighted by Gasteiger charge is -2.36. The van der Waals surface area contributed by atoms with Crippen LogP contribution in [0.15, 0.2) is 60.7 Å². The number of ether oxygens (including phenoxy) is 1. The van der Waals surface area contributed by atoms with Crippen molar-refractivity contribution in [2.75, 3.05) is 52.4 Å². The molecule has 1 saturated heterocycles. The molecule has 1 unspecified atom stereocenters. The Labute approximate surface area is 224 Å². The number of carbonyl (C=O) groups excluding carboxylic acids is 2. The van der Waals surface area contributed by atoms with Crippen molar-refractivity contribution >= 4 is 22.6 Å². The van der Waals surface area contributed by atoms with Crippen LogP contribution < -0.4 is 4.74 Å². The summed E-state index contributed by atoms with van der Waals surface area (Å²) >= 11 is 0. The average molecular weight is 516 g/mol. The Hall–Kier alpha value is -3.26. The van der Waals surface area contributed by atoms with Crippen molar-refractivity contribution in [1.82, 2.24) is 14.7 Å². The van der Waals surface area contributed by atoms with Gasteiger partial charge in [0.2, 0.25) is 0 Å². The lowest BCUT2D eigenvalue weighted by Crippen LogP contribution is -2.51. The summed E-state index contributed by atoms with van der Waals surface area (Å²) in [5.41, 5.74) is 2.55. The third-order valence-electron chi connectivity index (χ3n) is 7.59. The Morgan fingerprint density at radius 2 is 1.39 bits per heavy atom. The van der Waals surface area contributed by atoms with Gasteiger partial charge in [-0.25, -0.2) is 0 Å². The van der Waals surface area contributed by atoms with Gasteiger partial charge < -0.3 is 9.84 Å². The summed E-state index contributed by atoms with van der Waals surface area (Å²) in [7, 11) is 0. The van der Waals surface area contributed by atoms with Gasteiger partial charge in [-0.2, -0.15) is 0 Å². The van der Waals surface area contributed by atoms with E-state index in [1.54, 1.807) is 0 Å². The molecule has 1 fully saturated rings. The molecule has 1 atom stereocenters. The van der Waals surface area contributed by atoms with Gasteiger partial charge in [-0.05, 0) is 40.6 Å². The fraction of sp³-hybridized carbons (Fsp3) is 0.419. The monoisotopic (exact) mass is 515 g/mol. The van der Waals surface area contributed by atoms with E-state index < -0.39 is 6.10 Å². The molecule has 0 spiro atoms. The lowest BCUT2D eigenvalue weighted by molar-refractivity contribution is 0.0416. The number of hydrogen-bond donors (Lipinski definition) is 1. The summed E-state index contributed by atoms with van der Waals surface area (Å²) < 4.78 is 5.81. The zero-order chi connectivity index (χ0) is 26.9. The second-order valence-corrected chi connectivity index (χ2v) is 11.4. The van der Waals surface area contributed by atoms with Gasteiger partial charge in [0.15, 0.2) is 0 Å². The van der Waals surface area contributed by atoms with Crippen LogP contribution in [0.5, 0.6) is 5.75 Å². The quantitative estimate of drug-likeness (QED) is 0.460. The van der Waals surface area contributed by atoms with Gasteiger partial charge in [0.1, 0.15) is 18.5 Å². The first-order valence-electron chi connectivity index (χ1n) is 13.4. The predicted octanol–water partition coefficient (Wildman–Crippen LogP) is 3.79. The second-order valence-electron chi connectivity index (χ2n) is 11.4. The molecule has 2 heterocycles. The number of rotatable bonds is 8. The van der Waals surface area contributed by atoms with Crippen molar-refractivity contribution in [2.24, 2.45) is 0 Å². The number of hydrogen-bond acceptors (Lipinski definition) is 6. The molecule has 38 heavy (non-hydrogen) atoms. The van der Waals surface area contributed by atoms with Crippen LogP contribution in [0.1, 0.15) is 47.1 Å². The molecular weight excluding hydrogens is 478 g/mol.